The monoisotopic (exact) mass is 276 g/mol. The molecule has 0 radical (unpaired) electrons. The van der Waals surface area contributed by atoms with Gasteiger partial charge in [-0.05, 0) is 25.5 Å². The fraction of sp³-hybridized carbons (Fsp3) is 0.286. The first-order valence-corrected chi connectivity index (χ1v) is 7.03. The first-order valence-electron chi connectivity index (χ1n) is 6.15. The maximum atomic E-state index is 11.7. The minimum Gasteiger partial charge on any atom is -0.462 e. The minimum atomic E-state index is 0.000739. The number of allylic oxidation sites excluding steroid dienone is 1. The second kappa shape index (κ2) is 6.89. The van der Waals surface area contributed by atoms with Gasteiger partial charge in [0, 0.05) is 11.9 Å². The molecule has 5 heteroatoms. The molecule has 2 rings (SSSR count). The van der Waals surface area contributed by atoms with Gasteiger partial charge in [0.05, 0.1) is 18.4 Å². The molecule has 0 saturated heterocycles. The Kier molecular flexibility index (Phi) is 4.92. The molecule has 1 N–H and O–H groups in total. The van der Waals surface area contributed by atoms with Crippen molar-refractivity contribution in [2.75, 3.05) is 6.54 Å². The normalized spacial score (nSPS) is 11.0. The maximum Gasteiger partial charge on any atom is 0.226 e. The molecular weight excluding hydrogens is 260 g/mol. The topological polar surface area (TPSA) is 55.1 Å². The molecule has 2 heterocycles. The lowest BCUT2D eigenvalue weighted by molar-refractivity contribution is -0.120. The van der Waals surface area contributed by atoms with Gasteiger partial charge in [-0.3, -0.25) is 4.79 Å². The molecule has 0 bridgehead atoms. The summed E-state index contributed by atoms with van der Waals surface area (Å²) in [5.74, 6) is 0.741. The molecule has 100 valence electrons. The number of nitrogens with one attached hydrogen (secondary N) is 1. The fourth-order valence-corrected chi connectivity index (χ4v) is 2.38. The molecule has 19 heavy (non-hydrogen) atoms. The molecule has 2 aromatic rings. The van der Waals surface area contributed by atoms with E-state index in [4.69, 9.17) is 4.42 Å². The second-order valence-electron chi connectivity index (χ2n) is 4.01. The highest BCUT2D eigenvalue weighted by Gasteiger charge is 2.09. The van der Waals surface area contributed by atoms with E-state index in [0.717, 1.165) is 22.9 Å². The number of amides is 1. The summed E-state index contributed by atoms with van der Waals surface area (Å²) in [7, 11) is 0. The van der Waals surface area contributed by atoms with Gasteiger partial charge in [-0.1, -0.05) is 12.2 Å². The van der Waals surface area contributed by atoms with Crippen molar-refractivity contribution >= 4 is 17.2 Å². The molecule has 0 aromatic carbocycles. The summed E-state index contributed by atoms with van der Waals surface area (Å²) in [6.07, 6.45) is 6.79. The highest BCUT2D eigenvalue weighted by molar-refractivity contribution is 7.13. The second-order valence-corrected chi connectivity index (χ2v) is 4.86. The van der Waals surface area contributed by atoms with Crippen LogP contribution in [0.4, 0.5) is 0 Å². The van der Waals surface area contributed by atoms with Gasteiger partial charge in [0.15, 0.2) is 10.8 Å². The Hall–Kier alpha value is -1.88. The Balaban J connectivity index is 1.84. The van der Waals surface area contributed by atoms with E-state index in [9.17, 15) is 4.79 Å². The van der Waals surface area contributed by atoms with Gasteiger partial charge in [-0.25, -0.2) is 4.98 Å². The number of thiazole rings is 1. The standard InChI is InChI=1S/C14H16N2O2S/c1-2-3-4-7-15-13(17)9-11-10-19-14(16-11)12-6-5-8-18-12/h2-3,5-6,8,10H,4,7,9H2,1H3,(H,15,17)/b3-2+. The quantitative estimate of drug-likeness (QED) is 0.651. The number of furan rings is 1. The van der Waals surface area contributed by atoms with Crippen LogP contribution in [0.5, 0.6) is 0 Å². The zero-order valence-electron chi connectivity index (χ0n) is 10.8. The molecule has 1 amide bonds. The van der Waals surface area contributed by atoms with Crippen molar-refractivity contribution in [3.05, 3.63) is 41.6 Å². The molecule has 0 aliphatic heterocycles. The summed E-state index contributed by atoms with van der Waals surface area (Å²) in [6.45, 7) is 2.63. The van der Waals surface area contributed by atoms with Gasteiger partial charge in [-0.2, -0.15) is 0 Å². The van der Waals surface area contributed by atoms with Gasteiger partial charge in [0.1, 0.15) is 0 Å². The van der Waals surface area contributed by atoms with Crippen molar-refractivity contribution in [3.8, 4) is 10.8 Å². The average molecular weight is 276 g/mol. The van der Waals surface area contributed by atoms with Crippen molar-refractivity contribution in [1.82, 2.24) is 10.3 Å². The molecule has 0 saturated carbocycles. The molecule has 0 aliphatic carbocycles. The number of hydrogen-bond acceptors (Lipinski definition) is 4. The predicted octanol–water partition coefficient (Wildman–Crippen LogP) is 3.03. The first-order chi connectivity index (χ1) is 9.29. The van der Waals surface area contributed by atoms with Gasteiger partial charge in [-0.15, -0.1) is 11.3 Å². The summed E-state index contributed by atoms with van der Waals surface area (Å²) >= 11 is 1.49. The number of carbonyl (C=O) groups excluding carboxylic acids is 1. The third kappa shape index (κ3) is 4.06. The van der Waals surface area contributed by atoms with Crippen LogP contribution in [0.2, 0.25) is 0 Å². The lowest BCUT2D eigenvalue weighted by atomic mass is 10.3. The van der Waals surface area contributed by atoms with E-state index in [0.29, 0.717) is 13.0 Å². The van der Waals surface area contributed by atoms with Gasteiger partial charge < -0.3 is 9.73 Å². The van der Waals surface area contributed by atoms with E-state index in [1.54, 1.807) is 6.26 Å². The van der Waals surface area contributed by atoms with E-state index in [-0.39, 0.29) is 5.91 Å². The zero-order valence-corrected chi connectivity index (χ0v) is 11.6. The first kappa shape index (κ1) is 13.5. The number of carbonyl (C=O) groups is 1. The number of hydrogen-bond donors (Lipinski definition) is 1. The minimum absolute atomic E-state index is 0.000739. The van der Waals surface area contributed by atoms with Crippen LogP contribution in [-0.4, -0.2) is 17.4 Å². The van der Waals surface area contributed by atoms with Crippen molar-refractivity contribution < 1.29 is 9.21 Å². The third-order valence-corrected chi connectivity index (χ3v) is 3.40. The Labute approximate surface area is 116 Å². The third-order valence-electron chi connectivity index (χ3n) is 2.49. The lowest BCUT2D eigenvalue weighted by Crippen LogP contribution is -2.25. The summed E-state index contributed by atoms with van der Waals surface area (Å²) in [4.78, 5) is 16.1. The highest BCUT2D eigenvalue weighted by Crippen LogP contribution is 2.23. The van der Waals surface area contributed by atoms with Gasteiger partial charge in [0.25, 0.3) is 0 Å². The molecule has 4 nitrogen and oxygen atoms in total. The van der Waals surface area contributed by atoms with Crippen LogP contribution in [0.3, 0.4) is 0 Å². The Morgan fingerprint density at radius 3 is 3.21 bits per heavy atom. The molecule has 0 aliphatic rings. The molecule has 0 spiro atoms. The van der Waals surface area contributed by atoms with E-state index in [2.05, 4.69) is 10.3 Å². The van der Waals surface area contributed by atoms with E-state index >= 15 is 0 Å². The van der Waals surface area contributed by atoms with Crippen LogP contribution in [0, 0.1) is 0 Å². The molecule has 0 atom stereocenters. The van der Waals surface area contributed by atoms with Gasteiger partial charge >= 0.3 is 0 Å². The molecule has 0 fully saturated rings. The molecular formula is C14H16N2O2S. The van der Waals surface area contributed by atoms with E-state index in [1.165, 1.54) is 11.3 Å². The Morgan fingerprint density at radius 2 is 2.47 bits per heavy atom. The largest absolute Gasteiger partial charge is 0.462 e. The Morgan fingerprint density at radius 1 is 1.58 bits per heavy atom. The van der Waals surface area contributed by atoms with E-state index in [1.807, 2.05) is 36.6 Å². The maximum absolute atomic E-state index is 11.7. The highest BCUT2D eigenvalue weighted by atomic mass is 32.1. The SMILES string of the molecule is C/C=C/CCNC(=O)Cc1csc(-c2ccco2)n1. The number of nitrogens with zero attached hydrogens (tertiary/aromatic N) is 1. The van der Waals surface area contributed by atoms with Crippen molar-refractivity contribution in [2.24, 2.45) is 0 Å². The lowest BCUT2D eigenvalue weighted by Gasteiger charge is -2.00. The smallest absolute Gasteiger partial charge is 0.226 e. The van der Waals surface area contributed by atoms with Crippen molar-refractivity contribution in [1.29, 1.82) is 0 Å². The van der Waals surface area contributed by atoms with Crippen LogP contribution in [-0.2, 0) is 11.2 Å². The molecule has 2 aromatic heterocycles. The van der Waals surface area contributed by atoms with Crippen LogP contribution >= 0.6 is 11.3 Å². The summed E-state index contributed by atoms with van der Waals surface area (Å²) in [5, 5.41) is 5.56. The van der Waals surface area contributed by atoms with Crippen LogP contribution in [0.25, 0.3) is 10.8 Å². The van der Waals surface area contributed by atoms with Crippen molar-refractivity contribution in [2.45, 2.75) is 19.8 Å². The summed E-state index contributed by atoms with van der Waals surface area (Å²) in [6, 6.07) is 3.68. The van der Waals surface area contributed by atoms with Crippen LogP contribution in [0.15, 0.2) is 40.3 Å². The summed E-state index contributed by atoms with van der Waals surface area (Å²) in [5.41, 5.74) is 0.778. The average Bonchev–Trinajstić information content (AvgIpc) is 3.04. The van der Waals surface area contributed by atoms with Gasteiger partial charge in [0.2, 0.25) is 5.91 Å². The number of rotatable bonds is 6. The van der Waals surface area contributed by atoms with Crippen molar-refractivity contribution in [3.63, 3.8) is 0 Å². The summed E-state index contributed by atoms with van der Waals surface area (Å²) < 4.78 is 5.27. The predicted molar refractivity (Wildman–Crippen MR) is 76.0 cm³/mol. The van der Waals surface area contributed by atoms with Crippen LogP contribution in [0.1, 0.15) is 19.0 Å². The molecule has 0 unspecified atom stereocenters. The zero-order chi connectivity index (χ0) is 13.5. The number of aromatic nitrogens is 1. The van der Waals surface area contributed by atoms with Crippen LogP contribution < -0.4 is 5.32 Å². The fourth-order valence-electron chi connectivity index (χ4n) is 1.59. The van der Waals surface area contributed by atoms with E-state index < -0.39 is 0 Å². The Bertz CT molecular complexity index is 544.